The van der Waals surface area contributed by atoms with Crippen molar-refractivity contribution in [2.24, 2.45) is 0 Å². The van der Waals surface area contributed by atoms with Gasteiger partial charge in [0.25, 0.3) is 0 Å². The second-order valence-corrected chi connectivity index (χ2v) is 7.36. The van der Waals surface area contributed by atoms with Crippen LogP contribution >= 0.6 is 0 Å². The number of piperazine rings is 1. The summed E-state index contributed by atoms with van der Waals surface area (Å²) in [5.41, 5.74) is 2.31. The fraction of sp³-hybridized carbons (Fsp3) is 0.304. The van der Waals surface area contributed by atoms with Crippen molar-refractivity contribution >= 4 is 22.5 Å². The molecule has 0 unspecified atom stereocenters. The predicted octanol–water partition coefficient (Wildman–Crippen LogP) is 2.83. The minimum atomic E-state index is 0.0972. The number of fused-ring (bicyclic) bond motifs is 1. The van der Waals surface area contributed by atoms with Crippen LogP contribution in [0.2, 0.25) is 0 Å². The topological polar surface area (TPSA) is 89.0 Å². The molecule has 1 aliphatic rings. The van der Waals surface area contributed by atoms with Gasteiger partial charge in [-0.25, -0.2) is 4.98 Å². The largest absolute Gasteiger partial charge is 0.354 e. The number of para-hydroxylation sites is 1. The van der Waals surface area contributed by atoms with Crippen LogP contribution in [0.25, 0.3) is 10.9 Å². The molecule has 1 aliphatic heterocycles. The van der Waals surface area contributed by atoms with E-state index in [1.165, 1.54) is 0 Å². The highest BCUT2D eigenvalue weighted by Crippen LogP contribution is 2.23. The van der Waals surface area contributed by atoms with Gasteiger partial charge in [0.15, 0.2) is 5.78 Å². The number of Topliss-reactive ketones (excluding diaryl/α,β-unsaturated/α-hetero) is 1. The van der Waals surface area contributed by atoms with Crippen LogP contribution in [0.5, 0.6) is 0 Å². The average molecular weight is 398 g/mol. The van der Waals surface area contributed by atoms with Gasteiger partial charge in [-0.15, -0.1) is 0 Å². The molecule has 7 heteroatoms. The molecular formula is C23H22N6O. The van der Waals surface area contributed by atoms with Crippen molar-refractivity contribution in [2.45, 2.75) is 13.0 Å². The lowest BCUT2D eigenvalue weighted by atomic mass is 10.1. The lowest BCUT2D eigenvalue weighted by Gasteiger charge is -2.35. The summed E-state index contributed by atoms with van der Waals surface area (Å²) in [7, 11) is 0. The molecule has 1 aromatic carbocycles. The van der Waals surface area contributed by atoms with E-state index in [9.17, 15) is 4.79 Å². The van der Waals surface area contributed by atoms with Crippen LogP contribution in [0, 0.1) is 22.7 Å². The Labute approximate surface area is 175 Å². The number of aryl methyl sites for hydroxylation is 1. The van der Waals surface area contributed by atoms with Gasteiger partial charge in [-0.1, -0.05) is 18.2 Å². The van der Waals surface area contributed by atoms with Crippen LogP contribution in [0.1, 0.15) is 22.3 Å². The molecule has 0 atom stereocenters. The first-order chi connectivity index (χ1) is 14.7. The van der Waals surface area contributed by atoms with Gasteiger partial charge in [0, 0.05) is 61.6 Å². The molecule has 0 radical (unpaired) electrons. The Morgan fingerprint density at radius 1 is 1.10 bits per heavy atom. The van der Waals surface area contributed by atoms with E-state index in [0.717, 1.165) is 42.9 Å². The number of nitriles is 2. The number of anilines is 1. The average Bonchev–Trinajstić information content (AvgIpc) is 3.17. The van der Waals surface area contributed by atoms with Crippen LogP contribution < -0.4 is 4.90 Å². The minimum absolute atomic E-state index is 0.0972. The third kappa shape index (κ3) is 4.03. The molecule has 150 valence electrons. The second-order valence-electron chi connectivity index (χ2n) is 7.36. The molecule has 2 aromatic heterocycles. The summed E-state index contributed by atoms with van der Waals surface area (Å²) in [4.78, 5) is 21.7. The number of hydrogen-bond acceptors (Lipinski definition) is 6. The lowest BCUT2D eigenvalue weighted by Crippen LogP contribution is -2.48. The van der Waals surface area contributed by atoms with Crippen LogP contribution in [-0.4, -0.2) is 53.0 Å². The number of hydrogen-bond donors (Lipinski definition) is 0. The monoisotopic (exact) mass is 398 g/mol. The zero-order valence-corrected chi connectivity index (χ0v) is 16.7. The number of benzene rings is 1. The Kier molecular flexibility index (Phi) is 5.74. The molecule has 3 heterocycles. The molecule has 0 saturated carbocycles. The van der Waals surface area contributed by atoms with Crippen molar-refractivity contribution in [1.82, 2.24) is 14.5 Å². The van der Waals surface area contributed by atoms with E-state index in [4.69, 9.17) is 10.5 Å². The number of rotatable bonds is 6. The molecule has 0 amide bonds. The molecule has 7 nitrogen and oxygen atoms in total. The first-order valence-electron chi connectivity index (χ1n) is 10.0. The quantitative estimate of drug-likeness (QED) is 0.593. The molecule has 30 heavy (non-hydrogen) atoms. The maximum absolute atomic E-state index is 13.1. The van der Waals surface area contributed by atoms with Gasteiger partial charge >= 0.3 is 0 Å². The highest BCUT2D eigenvalue weighted by molar-refractivity contribution is 6.09. The molecule has 1 saturated heterocycles. The van der Waals surface area contributed by atoms with Crippen molar-refractivity contribution in [3.05, 3.63) is 59.9 Å². The van der Waals surface area contributed by atoms with Gasteiger partial charge in [0.2, 0.25) is 0 Å². The highest BCUT2D eigenvalue weighted by atomic mass is 16.1. The third-order valence-electron chi connectivity index (χ3n) is 5.49. The highest BCUT2D eigenvalue weighted by Gasteiger charge is 2.22. The summed E-state index contributed by atoms with van der Waals surface area (Å²) in [6.07, 6.45) is 3.96. The summed E-state index contributed by atoms with van der Waals surface area (Å²) >= 11 is 0. The van der Waals surface area contributed by atoms with Crippen LogP contribution in [0.3, 0.4) is 0 Å². The Balaban J connectivity index is 1.43. The van der Waals surface area contributed by atoms with E-state index >= 15 is 0 Å². The van der Waals surface area contributed by atoms with E-state index < -0.39 is 0 Å². The number of carbonyl (C=O) groups excluding carboxylic acids is 1. The first-order valence-corrected chi connectivity index (χ1v) is 10.0. The first kappa shape index (κ1) is 19.6. The van der Waals surface area contributed by atoms with E-state index in [1.807, 2.05) is 35.0 Å². The zero-order valence-electron chi connectivity index (χ0n) is 16.7. The zero-order chi connectivity index (χ0) is 20.9. The standard InChI is InChI=1S/C23H22N6O/c24-7-3-9-29-16-20(19-4-1-2-5-21(19)29)22(30)17-27-10-12-28(13-11-27)23-14-18(15-25)6-8-26-23/h1-2,4-6,8,14,16H,3,9-13,17H2. The summed E-state index contributed by atoms with van der Waals surface area (Å²) < 4.78 is 2.00. The van der Waals surface area contributed by atoms with Crippen LogP contribution in [-0.2, 0) is 6.54 Å². The molecule has 0 spiro atoms. The number of aromatic nitrogens is 2. The summed E-state index contributed by atoms with van der Waals surface area (Å²) in [6, 6.07) is 15.7. The van der Waals surface area contributed by atoms with E-state index in [1.54, 1.807) is 18.3 Å². The normalized spacial score (nSPS) is 14.4. The molecule has 4 rings (SSSR count). The molecule has 1 fully saturated rings. The predicted molar refractivity (Wildman–Crippen MR) is 114 cm³/mol. The Hall–Kier alpha value is -3.68. The van der Waals surface area contributed by atoms with Crippen LogP contribution in [0.4, 0.5) is 5.82 Å². The number of carbonyl (C=O) groups is 1. The van der Waals surface area contributed by atoms with Gasteiger partial charge in [-0.3, -0.25) is 9.69 Å². The summed E-state index contributed by atoms with van der Waals surface area (Å²) in [6.45, 7) is 4.00. The SMILES string of the molecule is N#CCCn1cc(C(=O)CN2CCN(c3cc(C#N)ccn3)CC2)c2ccccc21. The van der Waals surface area contributed by atoms with Crippen molar-refractivity contribution in [3.8, 4) is 12.1 Å². The van der Waals surface area contributed by atoms with Gasteiger partial charge in [-0.05, 0) is 18.2 Å². The molecule has 0 bridgehead atoms. The minimum Gasteiger partial charge on any atom is -0.354 e. The Bertz CT molecular complexity index is 1140. The van der Waals surface area contributed by atoms with Gasteiger partial charge < -0.3 is 9.47 Å². The van der Waals surface area contributed by atoms with Crippen molar-refractivity contribution in [2.75, 3.05) is 37.6 Å². The molecular weight excluding hydrogens is 376 g/mol. The lowest BCUT2D eigenvalue weighted by molar-refractivity contribution is 0.0927. The third-order valence-corrected chi connectivity index (χ3v) is 5.49. The van der Waals surface area contributed by atoms with Crippen molar-refractivity contribution in [1.29, 1.82) is 10.5 Å². The van der Waals surface area contributed by atoms with Crippen molar-refractivity contribution in [3.63, 3.8) is 0 Å². The second kappa shape index (κ2) is 8.77. The fourth-order valence-electron chi connectivity index (χ4n) is 3.91. The van der Waals surface area contributed by atoms with Crippen LogP contribution in [0.15, 0.2) is 48.8 Å². The van der Waals surface area contributed by atoms with Crippen molar-refractivity contribution < 1.29 is 4.79 Å². The van der Waals surface area contributed by atoms with E-state index in [-0.39, 0.29) is 5.78 Å². The Morgan fingerprint density at radius 2 is 1.90 bits per heavy atom. The summed E-state index contributed by atoms with van der Waals surface area (Å²) in [5.74, 6) is 0.903. The van der Waals surface area contributed by atoms with E-state index in [0.29, 0.717) is 30.6 Å². The van der Waals surface area contributed by atoms with Gasteiger partial charge in [-0.2, -0.15) is 10.5 Å². The molecule has 3 aromatic rings. The molecule has 0 N–H and O–H groups in total. The smallest absolute Gasteiger partial charge is 0.178 e. The number of ketones is 1. The van der Waals surface area contributed by atoms with Gasteiger partial charge in [0.05, 0.1) is 30.7 Å². The maximum atomic E-state index is 13.1. The molecule has 0 aliphatic carbocycles. The maximum Gasteiger partial charge on any atom is 0.178 e. The number of pyridine rings is 1. The summed E-state index contributed by atoms with van der Waals surface area (Å²) in [5, 5.41) is 18.9. The Morgan fingerprint density at radius 3 is 2.67 bits per heavy atom. The number of nitrogens with zero attached hydrogens (tertiary/aromatic N) is 6. The van der Waals surface area contributed by atoms with Gasteiger partial charge in [0.1, 0.15) is 5.82 Å². The fourth-order valence-corrected chi connectivity index (χ4v) is 3.91. The van der Waals surface area contributed by atoms with E-state index in [2.05, 4.69) is 26.9 Å².